The number of hydrogen-bond acceptors (Lipinski definition) is 4. The average Bonchev–Trinajstić information content (AvgIpc) is 2.57. The topological polar surface area (TPSA) is 72.5 Å². The van der Waals surface area contributed by atoms with Gasteiger partial charge >= 0.3 is 12.4 Å². The third-order valence-electron chi connectivity index (χ3n) is 3.44. The predicted octanol–water partition coefficient (Wildman–Crippen LogP) is 4.36. The van der Waals surface area contributed by atoms with Gasteiger partial charge in [0.05, 0.1) is 17.4 Å². The van der Waals surface area contributed by atoms with Crippen molar-refractivity contribution in [1.29, 1.82) is 0 Å². The van der Waals surface area contributed by atoms with Crippen molar-refractivity contribution < 1.29 is 44.3 Å². The molecule has 2 aromatic carbocycles. The van der Waals surface area contributed by atoms with Crippen LogP contribution < -0.4 is 9.46 Å². The zero-order chi connectivity index (χ0) is 22.0. The molecule has 0 aromatic heterocycles. The molecule has 2 aromatic rings. The molecule has 0 unspecified atom stereocenters. The number of carbonyl (C=O) groups excluding carboxylic acids is 1. The molecular formula is C17H13F6NO4S. The number of hydrogen-bond donors (Lipinski definition) is 1. The van der Waals surface area contributed by atoms with Crippen LogP contribution in [0.3, 0.4) is 0 Å². The molecule has 0 fully saturated rings. The van der Waals surface area contributed by atoms with Crippen LogP contribution in [0.25, 0.3) is 0 Å². The molecule has 0 saturated carbocycles. The Morgan fingerprint density at radius 1 is 0.931 bits per heavy atom. The minimum absolute atomic E-state index is 0.0204. The van der Waals surface area contributed by atoms with Gasteiger partial charge in [0.15, 0.2) is 12.4 Å². The second kappa shape index (κ2) is 7.93. The summed E-state index contributed by atoms with van der Waals surface area (Å²) in [5.74, 6) is -1.50. The SMILES string of the molecule is CS(=O)(=O)Nc1ccc(C(=O)COc2cc(C(F)(F)F)cc(C(F)(F)F)c2)cc1. The largest absolute Gasteiger partial charge is 0.485 e. The number of sulfonamides is 1. The molecule has 158 valence electrons. The first-order chi connectivity index (χ1) is 13.1. The second-order valence-electron chi connectivity index (χ2n) is 5.91. The monoisotopic (exact) mass is 441 g/mol. The highest BCUT2D eigenvalue weighted by Crippen LogP contribution is 2.38. The van der Waals surface area contributed by atoms with Crippen molar-refractivity contribution in [3.8, 4) is 5.75 Å². The smallest absolute Gasteiger partial charge is 0.416 e. The number of ether oxygens (including phenoxy) is 1. The van der Waals surface area contributed by atoms with Crippen LogP contribution in [0.4, 0.5) is 32.0 Å². The fraction of sp³-hybridized carbons (Fsp3) is 0.235. The van der Waals surface area contributed by atoms with Crippen LogP contribution in [-0.4, -0.2) is 27.1 Å². The Morgan fingerprint density at radius 2 is 1.41 bits per heavy atom. The lowest BCUT2D eigenvalue weighted by Gasteiger charge is -2.14. The van der Waals surface area contributed by atoms with E-state index in [1.807, 2.05) is 0 Å². The number of halogens is 6. The maximum atomic E-state index is 12.8. The molecule has 0 amide bonds. The van der Waals surface area contributed by atoms with E-state index in [-0.39, 0.29) is 17.3 Å². The Balaban J connectivity index is 2.17. The zero-order valence-corrected chi connectivity index (χ0v) is 15.4. The fourth-order valence-corrected chi connectivity index (χ4v) is 2.74. The first-order valence-corrected chi connectivity index (χ1v) is 9.57. The molecular weight excluding hydrogens is 428 g/mol. The first kappa shape index (κ1) is 22.5. The predicted molar refractivity (Wildman–Crippen MR) is 91.2 cm³/mol. The van der Waals surface area contributed by atoms with Gasteiger partial charge in [-0.3, -0.25) is 9.52 Å². The van der Waals surface area contributed by atoms with Crippen molar-refractivity contribution in [3.05, 3.63) is 59.2 Å². The van der Waals surface area contributed by atoms with Gasteiger partial charge in [0.25, 0.3) is 0 Å². The van der Waals surface area contributed by atoms with E-state index in [0.29, 0.717) is 12.1 Å². The molecule has 29 heavy (non-hydrogen) atoms. The van der Waals surface area contributed by atoms with E-state index in [9.17, 15) is 39.6 Å². The van der Waals surface area contributed by atoms with Gasteiger partial charge in [-0.25, -0.2) is 8.42 Å². The van der Waals surface area contributed by atoms with E-state index in [1.54, 1.807) is 0 Å². The van der Waals surface area contributed by atoms with Gasteiger partial charge in [0.1, 0.15) is 5.75 Å². The quantitative estimate of drug-likeness (QED) is 0.534. The summed E-state index contributed by atoms with van der Waals surface area (Å²) in [6.45, 7) is -0.822. The van der Waals surface area contributed by atoms with Crippen molar-refractivity contribution in [2.45, 2.75) is 12.4 Å². The highest BCUT2D eigenvalue weighted by atomic mass is 32.2. The lowest BCUT2D eigenvalue weighted by molar-refractivity contribution is -0.143. The van der Waals surface area contributed by atoms with Crippen LogP contribution in [0.15, 0.2) is 42.5 Å². The number of alkyl halides is 6. The molecule has 0 aliphatic rings. The van der Waals surface area contributed by atoms with Crippen molar-refractivity contribution in [1.82, 2.24) is 0 Å². The molecule has 0 saturated heterocycles. The van der Waals surface area contributed by atoms with E-state index in [2.05, 4.69) is 4.72 Å². The third-order valence-corrected chi connectivity index (χ3v) is 4.05. The number of nitrogens with one attached hydrogen (secondary N) is 1. The molecule has 0 heterocycles. The van der Waals surface area contributed by atoms with E-state index < -0.39 is 51.6 Å². The normalized spacial score (nSPS) is 12.5. The van der Waals surface area contributed by atoms with E-state index in [0.717, 1.165) is 6.26 Å². The van der Waals surface area contributed by atoms with Crippen molar-refractivity contribution >= 4 is 21.5 Å². The summed E-state index contributed by atoms with van der Waals surface area (Å²) in [4.78, 5) is 12.1. The molecule has 5 nitrogen and oxygen atoms in total. The Kier molecular flexibility index (Phi) is 6.16. The molecule has 0 atom stereocenters. The lowest BCUT2D eigenvalue weighted by atomic mass is 10.1. The van der Waals surface area contributed by atoms with Crippen molar-refractivity contribution in [3.63, 3.8) is 0 Å². The van der Waals surface area contributed by atoms with Gasteiger partial charge in [0.2, 0.25) is 10.0 Å². The number of carbonyl (C=O) groups is 1. The van der Waals surface area contributed by atoms with Crippen LogP contribution in [-0.2, 0) is 22.4 Å². The maximum absolute atomic E-state index is 12.8. The number of ketones is 1. The lowest BCUT2D eigenvalue weighted by Crippen LogP contribution is -2.15. The second-order valence-corrected chi connectivity index (χ2v) is 7.65. The van der Waals surface area contributed by atoms with Crippen LogP contribution in [0.5, 0.6) is 5.75 Å². The Hall–Kier alpha value is -2.76. The van der Waals surface area contributed by atoms with Gasteiger partial charge in [-0.2, -0.15) is 26.3 Å². The molecule has 0 radical (unpaired) electrons. The summed E-state index contributed by atoms with van der Waals surface area (Å²) in [5, 5.41) is 0. The van der Waals surface area contributed by atoms with Gasteiger partial charge < -0.3 is 4.74 Å². The summed E-state index contributed by atoms with van der Waals surface area (Å²) >= 11 is 0. The Bertz CT molecular complexity index is 966. The average molecular weight is 441 g/mol. The number of anilines is 1. The molecule has 2 rings (SSSR count). The summed E-state index contributed by atoms with van der Waals surface area (Å²) in [6, 6.07) is 5.66. The Morgan fingerprint density at radius 3 is 1.83 bits per heavy atom. The van der Waals surface area contributed by atoms with E-state index in [4.69, 9.17) is 4.74 Å². The van der Waals surface area contributed by atoms with Crippen LogP contribution in [0, 0.1) is 0 Å². The van der Waals surface area contributed by atoms with Crippen LogP contribution in [0.1, 0.15) is 21.5 Å². The fourth-order valence-electron chi connectivity index (χ4n) is 2.18. The summed E-state index contributed by atoms with van der Waals surface area (Å²) in [5.41, 5.74) is -2.94. The van der Waals surface area contributed by atoms with Gasteiger partial charge in [0, 0.05) is 11.3 Å². The molecule has 0 bridgehead atoms. The maximum Gasteiger partial charge on any atom is 0.416 e. The summed E-state index contributed by atoms with van der Waals surface area (Å²) in [7, 11) is -3.53. The minimum atomic E-state index is -5.04. The number of Topliss-reactive ketones (excluding diaryl/α,β-unsaturated/α-hetero) is 1. The molecule has 12 heteroatoms. The summed E-state index contributed by atoms with van der Waals surface area (Å²) in [6.07, 6.45) is -9.15. The molecule has 0 spiro atoms. The highest BCUT2D eigenvalue weighted by molar-refractivity contribution is 7.92. The van der Waals surface area contributed by atoms with Gasteiger partial charge in [-0.1, -0.05) is 0 Å². The van der Waals surface area contributed by atoms with E-state index in [1.165, 1.54) is 24.3 Å². The molecule has 0 aliphatic carbocycles. The zero-order valence-electron chi connectivity index (χ0n) is 14.6. The molecule has 0 aliphatic heterocycles. The minimum Gasteiger partial charge on any atom is -0.485 e. The summed E-state index contributed by atoms with van der Waals surface area (Å²) < 4.78 is 106. The Labute approximate surface area is 161 Å². The first-order valence-electron chi connectivity index (χ1n) is 7.68. The number of benzene rings is 2. The highest BCUT2D eigenvalue weighted by Gasteiger charge is 2.37. The van der Waals surface area contributed by atoms with Gasteiger partial charge in [-0.05, 0) is 42.5 Å². The standard InChI is InChI=1S/C17H13F6NO4S/c1-29(26,27)24-13-4-2-10(3-5-13)15(25)9-28-14-7-11(16(18,19)20)6-12(8-14)17(21,22)23/h2-8,24H,9H2,1H3. The third kappa shape index (κ3) is 6.66. The van der Waals surface area contributed by atoms with Crippen molar-refractivity contribution in [2.75, 3.05) is 17.6 Å². The number of rotatable bonds is 6. The van der Waals surface area contributed by atoms with Crippen LogP contribution >= 0.6 is 0 Å². The van der Waals surface area contributed by atoms with Crippen LogP contribution in [0.2, 0.25) is 0 Å². The van der Waals surface area contributed by atoms with E-state index >= 15 is 0 Å². The van der Waals surface area contributed by atoms with Gasteiger partial charge in [-0.15, -0.1) is 0 Å². The van der Waals surface area contributed by atoms with Crippen molar-refractivity contribution in [2.24, 2.45) is 0 Å². The molecule has 1 N–H and O–H groups in total.